The van der Waals surface area contributed by atoms with Crippen molar-refractivity contribution < 1.29 is 42.4 Å². The van der Waals surface area contributed by atoms with Crippen molar-refractivity contribution in [3.63, 3.8) is 0 Å². The molecule has 0 radical (unpaired) electrons. The third kappa shape index (κ3) is 5.81. The van der Waals surface area contributed by atoms with Crippen LogP contribution in [-0.2, 0) is 39.9 Å². The summed E-state index contributed by atoms with van der Waals surface area (Å²) >= 11 is 0. The number of alkyl halides is 2. The lowest BCUT2D eigenvalue weighted by molar-refractivity contribution is -0.286. The second-order valence-corrected chi connectivity index (χ2v) is 12.4. The van der Waals surface area contributed by atoms with Crippen LogP contribution in [0.1, 0.15) is 49.1 Å². The number of fused-ring (bicyclic) bond motifs is 2. The third-order valence-electron chi connectivity index (χ3n) is 8.56. The van der Waals surface area contributed by atoms with Gasteiger partial charge in [-0.3, -0.25) is 4.79 Å². The van der Waals surface area contributed by atoms with Gasteiger partial charge in [0.05, 0.1) is 43.4 Å². The number of hydrogen-bond acceptors (Lipinski definition) is 6. The largest absolute Gasteiger partial charge is 0.586 e. The van der Waals surface area contributed by atoms with Gasteiger partial charge in [-0.05, 0) is 59.9 Å². The molecular formula is C34H34F3NO6. The maximum Gasteiger partial charge on any atom is 0.586 e. The predicted molar refractivity (Wildman–Crippen MR) is 156 cm³/mol. The molecule has 2 heterocycles. The molecule has 232 valence electrons. The Hall–Kier alpha value is -3.86. The summed E-state index contributed by atoms with van der Waals surface area (Å²) in [6.07, 6.45) is -3.82. The fourth-order valence-corrected chi connectivity index (χ4v) is 5.90. The van der Waals surface area contributed by atoms with Gasteiger partial charge in [0.15, 0.2) is 11.5 Å². The van der Waals surface area contributed by atoms with E-state index in [-0.39, 0.29) is 49.0 Å². The highest BCUT2D eigenvalue weighted by Gasteiger charge is 2.52. The van der Waals surface area contributed by atoms with Gasteiger partial charge in [0, 0.05) is 22.9 Å². The van der Waals surface area contributed by atoms with E-state index < -0.39 is 29.0 Å². The molecular weight excluding hydrogens is 575 g/mol. The molecule has 4 aromatic rings. The number of halogens is 3. The first-order valence-corrected chi connectivity index (χ1v) is 14.6. The number of nitrogens with zero attached hydrogens (tertiary/aromatic N) is 1. The molecule has 1 aromatic heterocycles. The highest BCUT2D eigenvalue weighted by atomic mass is 19.3. The Labute approximate surface area is 252 Å². The van der Waals surface area contributed by atoms with Crippen LogP contribution in [0.15, 0.2) is 66.7 Å². The summed E-state index contributed by atoms with van der Waals surface area (Å²) in [7, 11) is 0. The summed E-state index contributed by atoms with van der Waals surface area (Å²) in [6.45, 7) is 4.04. The molecule has 7 nitrogen and oxygen atoms in total. The van der Waals surface area contributed by atoms with E-state index in [9.17, 15) is 23.8 Å². The van der Waals surface area contributed by atoms with Crippen LogP contribution in [0.4, 0.5) is 13.2 Å². The average Bonchev–Trinajstić information content (AvgIpc) is 3.64. The van der Waals surface area contributed by atoms with Crippen LogP contribution >= 0.6 is 0 Å². The van der Waals surface area contributed by atoms with Crippen LogP contribution < -0.4 is 9.47 Å². The molecule has 6 rings (SSSR count). The lowest BCUT2D eigenvalue weighted by Gasteiger charge is -2.26. The summed E-state index contributed by atoms with van der Waals surface area (Å²) < 4.78 is 59.2. The van der Waals surface area contributed by atoms with E-state index in [0.717, 1.165) is 5.56 Å². The van der Waals surface area contributed by atoms with Gasteiger partial charge in [-0.15, -0.1) is 8.78 Å². The Balaban J connectivity index is 1.23. The number of ketones is 1. The molecule has 0 unspecified atom stereocenters. The van der Waals surface area contributed by atoms with Gasteiger partial charge in [-0.1, -0.05) is 50.2 Å². The fraction of sp³-hybridized carbons (Fsp3) is 0.382. The number of benzene rings is 3. The molecule has 0 spiro atoms. The summed E-state index contributed by atoms with van der Waals surface area (Å²) in [5.41, 5.74) is 1.34. The van der Waals surface area contributed by atoms with Crippen molar-refractivity contribution in [3.8, 4) is 11.5 Å². The maximum atomic E-state index is 15.6. The zero-order valence-electron chi connectivity index (χ0n) is 24.5. The van der Waals surface area contributed by atoms with Crippen LogP contribution in [0.3, 0.4) is 0 Å². The minimum absolute atomic E-state index is 0.0577. The maximum absolute atomic E-state index is 15.6. The van der Waals surface area contributed by atoms with Crippen molar-refractivity contribution >= 4 is 16.7 Å². The van der Waals surface area contributed by atoms with Crippen molar-refractivity contribution in [2.45, 2.75) is 69.5 Å². The Morgan fingerprint density at radius 3 is 2.48 bits per heavy atom. The van der Waals surface area contributed by atoms with E-state index in [4.69, 9.17) is 4.74 Å². The van der Waals surface area contributed by atoms with Crippen LogP contribution in [-0.4, -0.2) is 46.2 Å². The van der Waals surface area contributed by atoms with Gasteiger partial charge < -0.3 is 29.0 Å². The van der Waals surface area contributed by atoms with Crippen LogP contribution in [0.5, 0.6) is 11.5 Å². The number of aromatic nitrogens is 1. The molecule has 44 heavy (non-hydrogen) atoms. The quantitative estimate of drug-likeness (QED) is 0.211. The Bertz CT molecular complexity index is 1700. The monoisotopic (exact) mass is 609 g/mol. The second-order valence-electron chi connectivity index (χ2n) is 12.4. The minimum Gasteiger partial charge on any atom is -0.395 e. The second kappa shape index (κ2) is 11.3. The minimum atomic E-state index is -3.76. The van der Waals surface area contributed by atoms with Crippen LogP contribution in [0.25, 0.3) is 10.9 Å². The van der Waals surface area contributed by atoms with Gasteiger partial charge in [0.2, 0.25) is 0 Å². The molecule has 1 saturated carbocycles. The first-order chi connectivity index (χ1) is 20.9. The smallest absolute Gasteiger partial charge is 0.395 e. The number of aliphatic hydroxyl groups is 2. The SMILES string of the molecule is CC(C)(CO)c1cc2cc(CC(=O)C3(c4ccc5c(c4)OC(F)(F)O5)CC3)c(F)cc2n1C[C@@H](O)COCc1ccccc1. The molecule has 2 N–H and O–H groups in total. The molecule has 1 aliphatic carbocycles. The molecule has 0 amide bonds. The van der Waals surface area contributed by atoms with E-state index >= 15 is 4.39 Å². The van der Waals surface area contributed by atoms with Crippen molar-refractivity contribution in [2.75, 3.05) is 13.2 Å². The summed E-state index contributed by atoms with van der Waals surface area (Å²) in [4.78, 5) is 13.6. The summed E-state index contributed by atoms with van der Waals surface area (Å²) in [5.74, 6) is -1.03. The predicted octanol–water partition coefficient (Wildman–Crippen LogP) is 5.79. The van der Waals surface area contributed by atoms with Crippen LogP contribution in [0, 0.1) is 5.82 Å². The lowest BCUT2D eigenvalue weighted by atomic mass is 9.87. The normalized spacial score (nSPS) is 17.2. The van der Waals surface area contributed by atoms with Crippen molar-refractivity contribution in [2.24, 2.45) is 0 Å². The Kier molecular flexibility index (Phi) is 7.72. The summed E-state index contributed by atoms with van der Waals surface area (Å²) in [6, 6.07) is 18.8. The number of aliphatic hydroxyl groups excluding tert-OH is 2. The highest BCUT2D eigenvalue weighted by molar-refractivity contribution is 5.95. The summed E-state index contributed by atoms with van der Waals surface area (Å²) in [5, 5.41) is 21.7. The number of hydrogen-bond donors (Lipinski definition) is 2. The van der Waals surface area contributed by atoms with E-state index in [1.165, 1.54) is 18.2 Å². The number of ether oxygens (including phenoxy) is 3. The van der Waals surface area contributed by atoms with Gasteiger partial charge in [-0.25, -0.2) is 4.39 Å². The third-order valence-corrected chi connectivity index (χ3v) is 8.56. The average molecular weight is 610 g/mol. The molecule has 0 saturated heterocycles. The first kappa shape index (κ1) is 30.2. The lowest BCUT2D eigenvalue weighted by Crippen LogP contribution is -2.29. The van der Waals surface area contributed by atoms with Gasteiger partial charge in [-0.2, -0.15) is 0 Å². The standard InChI is InChI=1S/C34H34F3NO6/c1-32(2,20-39)30-13-23-12-22(14-31(41)33(10-11-33)24-8-9-28-29(15-24)44-34(36,37)43-28)26(35)16-27(23)38(30)17-25(40)19-42-18-21-6-4-3-5-7-21/h3-9,12-13,15-16,25,39-40H,10-11,14,17-20H2,1-2H3/t25-/m1/s1. The van der Waals surface area contributed by atoms with Gasteiger partial charge in [0.1, 0.15) is 11.6 Å². The van der Waals surface area contributed by atoms with Crippen molar-refractivity contribution in [1.82, 2.24) is 4.57 Å². The number of Topliss-reactive ketones (excluding diaryl/α,β-unsaturated/α-hetero) is 1. The van der Waals surface area contributed by atoms with Crippen molar-refractivity contribution in [1.29, 1.82) is 0 Å². The first-order valence-electron chi connectivity index (χ1n) is 14.6. The fourth-order valence-electron chi connectivity index (χ4n) is 5.90. The van der Waals surface area contributed by atoms with E-state index in [1.54, 1.807) is 16.7 Å². The van der Waals surface area contributed by atoms with E-state index in [0.29, 0.717) is 41.6 Å². The van der Waals surface area contributed by atoms with Gasteiger partial charge in [0.25, 0.3) is 0 Å². The molecule has 3 aromatic carbocycles. The zero-order chi connectivity index (χ0) is 31.3. The zero-order valence-corrected chi connectivity index (χ0v) is 24.5. The van der Waals surface area contributed by atoms with E-state index in [2.05, 4.69) is 9.47 Å². The number of carbonyl (C=O) groups is 1. The molecule has 10 heteroatoms. The molecule has 0 bridgehead atoms. The molecule has 1 fully saturated rings. The number of rotatable bonds is 12. The van der Waals surface area contributed by atoms with Crippen molar-refractivity contribution in [3.05, 3.63) is 94.9 Å². The Morgan fingerprint density at radius 2 is 1.77 bits per heavy atom. The van der Waals surface area contributed by atoms with Gasteiger partial charge >= 0.3 is 6.29 Å². The topological polar surface area (TPSA) is 90.2 Å². The highest BCUT2D eigenvalue weighted by Crippen LogP contribution is 2.52. The Morgan fingerprint density at radius 1 is 1.05 bits per heavy atom. The van der Waals surface area contributed by atoms with Crippen LogP contribution in [0.2, 0.25) is 0 Å². The number of carbonyl (C=O) groups excluding carboxylic acids is 1. The molecule has 2 aliphatic rings. The molecule has 1 aliphatic heterocycles. The van der Waals surface area contributed by atoms with E-state index in [1.807, 2.05) is 50.2 Å². The molecule has 1 atom stereocenters.